The Balaban J connectivity index is 1.56. The summed E-state index contributed by atoms with van der Waals surface area (Å²) in [5.41, 5.74) is 0.664. The summed E-state index contributed by atoms with van der Waals surface area (Å²) in [6.45, 7) is 6.92. The molecular formula is C20H29N3O4. The molecule has 7 heteroatoms. The lowest BCUT2D eigenvalue weighted by Gasteiger charge is -2.27. The second-order valence-electron chi connectivity index (χ2n) is 7.00. The van der Waals surface area contributed by atoms with Crippen molar-refractivity contribution in [3.63, 3.8) is 0 Å². The highest BCUT2D eigenvalue weighted by molar-refractivity contribution is 5.94. The van der Waals surface area contributed by atoms with Crippen molar-refractivity contribution in [3.05, 3.63) is 29.8 Å². The van der Waals surface area contributed by atoms with E-state index in [9.17, 15) is 9.59 Å². The number of amides is 2. The SMILES string of the molecule is CCOC(=O)N1CCC(N2CCCN(C(=O)c3cccc(OC)c3)CC2)C1. The van der Waals surface area contributed by atoms with Gasteiger partial charge >= 0.3 is 6.09 Å². The number of hydrogen-bond donors (Lipinski definition) is 0. The molecule has 2 saturated heterocycles. The molecule has 1 atom stereocenters. The van der Waals surface area contributed by atoms with Crippen LogP contribution in [0.4, 0.5) is 4.79 Å². The maximum atomic E-state index is 12.8. The first-order valence-electron chi connectivity index (χ1n) is 9.71. The predicted octanol–water partition coefficient (Wildman–Crippen LogP) is 2.07. The Morgan fingerprint density at radius 1 is 1.11 bits per heavy atom. The van der Waals surface area contributed by atoms with E-state index in [1.165, 1.54) is 0 Å². The third-order valence-corrected chi connectivity index (χ3v) is 5.34. The Morgan fingerprint density at radius 2 is 1.96 bits per heavy atom. The maximum absolute atomic E-state index is 12.8. The van der Waals surface area contributed by atoms with Crippen LogP contribution in [0.15, 0.2) is 24.3 Å². The van der Waals surface area contributed by atoms with Gasteiger partial charge in [-0.15, -0.1) is 0 Å². The number of likely N-dealkylation sites (tertiary alicyclic amines) is 1. The molecule has 0 N–H and O–H groups in total. The highest BCUT2D eigenvalue weighted by Gasteiger charge is 2.32. The number of hydrogen-bond acceptors (Lipinski definition) is 5. The quantitative estimate of drug-likeness (QED) is 0.806. The normalized spacial score (nSPS) is 21.0. The average Bonchev–Trinajstić information content (AvgIpc) is 3.06. The van der Waals surface area contributed by atoms with Gasteiger partial charge in [0.1, 0.15) is 5.75 Å². The number of carbonyl (C=O) groups is 2. The number of methoxy groups -OCH3 is 1. The first-order valence-corrected chi connectivity index (χ1v) is 9.71. The van der Waals surface area contributed by atoms with Crippen molar-refractivity contribution in [1.82, 2.24) is 14.7 Å². The summed E-state index contributed by atoms with van der Waals surface area (Å²) in [7, 11) is 1.61. The van der Waals surface area contributed by atoms with E-state index < -0.39 is 0 Å². The molecule has 0 bridgehead atoms. The zero-order valence-corrected chi connectivity index (χ0v) is 16.2. The van der Waals surface area contributed by atoms with Crippen molar-refractivity contribution >= 4 is 12.0 Å². The Morgan fingerprint density at radius 3 is 2.74 bits per heavy atom. The van der Waals surface area contributed by atoms with E-state index in [-0.39, 0.29) is 12.0 Å². The van der Waals surface area contributed by atoms with Crippen molar-refractivity contribution in [3.8, 4) is 5.75 Å². The molecule has 27 heavy (non-hydrogen) atoms. The Hall–Kier alpha value is -2.28. The molecule has 1 aromatic rings. The molecular weight excluding hydrogens is 346 g/mol. The summed E-state index contributed by atoms with van der Waals surface area (Å²) in [4.78, 5) is 30.9. The molecule has 0 saturated carbocycles. The van der Waals surface area contributed by atoms with Crippen LogP contribution in [0, 0.1) is 0 Å². The lowest BCUT2D eigenvalue weighted by molar-refractivity contribution is 0.0758. The largest absolute Gasteiger partial charge is 0.497 e. The topological polar surface area (TPSA) is 62.3 Å². The van der Waals surface area contributed by atoms with E-state index in [1.54, 1.807) is 18.1 Å². The Bertz CT molecular complexity index is 666. The number of ether oxygens (including phenoxy) is 2. The predicted molar refractivity (Wildman–Crippen MR) is 102 cm³/mol. The second kappa shape index (κ2) is 9.08. The minimum atomic E-state index is -0.218. The second-order valence-corrected chi connectivity index (χ2v) is 7.00. The first-order chi connectivity index (χ1) is 13.1. The van der Waals surface area contributed by atoms with Gasteiger partial charge in [-0.2, -0.15) is 0 Å². The molecule has 2 amide bonds. The molecule has 0 radical (unpaired) electrons. The maximum Gasteiger partial charge on any atom is 0.409 e. The molecule has 7 nitrogen and oxygen atoms in total. The molecule has 2 fully saturated rings. The van der Waals surface area contributed by atoms with Crippen LogP contribution < -0.4 is 4.74 Å². The van der Waals surface area contributed by atoms with E-state index in [2.05, 4.69) is 4.90 Å². The summed E-state index contributed by atoms with van der Waals surface area (Å²) in [5.74, 6) is 0.748. The number of nitrogens with zero attached hydrogens (tertiary/aromatic N) is 3. The highest BCUT2D eigenvalue weighted by Crippen LogP contribution is 2.20. The van der Waals surface area contributed by atoms with Gasteiger partial charge in [-0.05, 0) is 38.0 Å². The molecule has 1 unspecified atom stereocenters. The van der Waals surface area contributed by atoms with Gasteiger partial charge in [0.2, 0.25) is 0 Å². The van der Waals surface area contributed by atoms with Crippen LogP contribution in [0.5, 0.6) is 5.75 Å². The van der Waals surface area contributed by atoms with E-state index >= 15 is 0 Å². The minimum absolute atomic E-state index is 0.0512. The van der Waals surface area contributed by atoms with Crippen LogP contribution in [-0.2, 0) is 4.74 Å². The number of carbonyl (C=O) groups excluding carboxylic acids is 2. The summed E-state index contributed by atoms with van der Waals surface area (Å²) >= 11 is 0. The number of benzene rings is 1. The molecule has 0 aliphatic carbocycles. The average molecular weight is 375 g/mol. The van der Waals surface area contributed by atoms with Crippen molar-refractivity contribution in [1.29, 1.82) is 0 Å². The Kier molecular flexibility index (Phi) is 6.55. The lowest BCUT2D eigenvalue weighted by Crippen LogP contribution is -2.41. The van der Waals surface area contributed by atoms with Crippen molar-refractivity contribution in [2.45, 2.75) is 25.8 Å². The molecule has 2 aliphatic rings. The monoisotopic (exact) mass is 375 g/mol. The number of rotatable bonds is 4. The summed E-state index contributed by atoms with van der Waals surface area (Å²) in [6.07, 6.45) is 1.68. The van der Waals surface area contributed by atoms with Gasteiger partial charge < -0.3 is 19.3 Å². The van der Waals surface area contributed by atoms with Gasteiger partial charge in [0, 0.05) is 50.9 Å². The van der Waals surface area contributed by atoms with Crippen molar-refractivity contribution in [2.75, 3.05) is 53.0 Å². The third kappa shape index (κ3) is 4.71. The van der Waals surface area contributed by atoms with Crippen molar-refractivity contribution < 1.29 is 19.1 Å². The molecule has 3 rings (SSSR count). The van der Waals surface area contributed by atoms with E-state index in [1.807, 2.05) is 30.0 Å². The van der Waals surface area contributed by atoms with Gasteiger partial charge in [0.15, 0.2) is 0 Å². The van der Waals surface area contributed by atoms with Crippen LogP contribution in [0.3, 0.4) is 0 Å². The minimum Gasteiger partial charge on any atom is -0.497 e. The molecule has 0 spiro atoms. The Labute approximate surface area is 160 Å². The zero-order valence-electron chi connectivity index (χ0n) is 16.2. The third-order valence-electron chi connectivity index (χ3n) is 5.34. The fraction of sp³-hybridized carbons (Fsp3) is 0.600. The first kappa shape index (κ1) is 19.5. The summed E-state index contributed by atoms with van der Waals surface area (Å²) < 4.78 is 10.3. The van der Waals surface area contributed by atoms with Crippen LogP contribution in [0.2, 0.25) is 0 Å². The van der Waals surface area contributed by atoms with Crippen molar-refractivity contribution in [2.24, 2.45) is 0 Å². The van der Waals surface area contributed by atoms with Gasteiger partial charge in [-0.3, -0.25) is 9.69 Å². The standard InChI is InChI=1S/C20H29N3O4/c1-3-27-20(25)23-11-8-17(15-23)21-9-5-10-22(13-12-21)19(24)16-6-4-7-18(14-16)26-2/h4,6-7,14,17H,3,5,8-13,15H2,1-2H3. The van der Waals surface area contributed by atoms with E-state index in [0.717, 1.165) is 39.0 Å². The molecule has 148 valence electrons. The van der Waals surface area contributed by atoms with Gasteiger partial charge in [0.25, 0.3) is 5.91 Å². The zero-order chi connectivity index (χ0) is 19.2. The van der Waals surface area contributed by atoms with Crippen LogP contribution >= 0.6 is 0 Å². The van der Waals surface area contributed by atoms with Crippen LogP contribution in [-0.4, -0.2) is 85.7 Å². The molecule has 0 aromatic heterocycles. The van der Waals surface area contributed by atoms with Gasteiger partial charge in [-0.1, -0.05) is 6.07 Å². The van der Waals surface area contributed by atoms with Crippen LogP contribution in [0.1, 0.15) is 30.1 Å². The summed E-state index contributed by atoms with van der Waals surface area (Å²) in [6, 6.07) is 7.66. The van der Waals surface area contributed by atoms with E-state index in [4.69, 9.17) is 9.47 Å². The van der Waals surface area contributed by atoms with Crippen LogP contribution in [0.25, 0.3) is 0 Å². The molecule has 2 aliphatic heterocycles. The fourth-order valence-corrected chi connectivity index (χ4v) is 3.86. The lowest BCUT2D eigenvalue weighted by atomic mass is 10.2. The van der Waals surface area contributed by atoms with E-state index in [0.29, 0.717) is 37.1 Å². The van der Waals surface area contributed by atoms with Gasteiger partial charge in [0.05, 0.1) is 13.7 Å². The molecule has 2 heterocycles. The fourth-order valence-electron chi connectivity index (χ4n) is 3.86. The summed E-state index contributed by atoms with van der Waals surface area (Å²) in [5, 5.41) is 0. The highest BCUT2D eigenvalue weighted by atomic mass is 16.6. The molecule has 1 aromatic carbocycles. The smallest absolute Gasteiger partial charge is 0.409 e. The van der Waals surface area contributed by atoms with Gasteiger partial charge in [-0.25, -0.2) is 4.79 Å².